The molecule has 1 aromatic heterocycles. The van der Waals surface area contributed by atoms with Crippen LogP contribution in [0.4, 0.5) is 10.1 Å². The molecule has 0 saturated heterocycles. The van der Waals surface area contributed by atoms with Crippen LogP contribution >= 0.6 is 0 Å². The number of hydrogen-bond donors (Lipinski definition) is 1. The van der Waals surface area contributed by atoms with Crippen LogP contribution in [-0.4, -0.2) is 22.3 Å². The fraction of sp³-hybridized carbons (Fsp3) is 0.286. The smallest absolute Gasteiger partial charge is 0.262 e. The summed E-state index contributed by atoms with van der Waals surface area (Å²) < 4.78 is 20.4. The Morgan fingerprint density at radius 1 is 1.40 bits per heavy atom. The molecule has 0 aliphatic carbocycles. The van der Waals surface area contributed by atoms with E-state index in [1.807, 2.05) is 13.8 Å². The van der Waals surface area contributed by atoms with Gasteiger partial charge in [0.05, 0.1) is 12.3 Å². The maximum absolute atomic E-state index is 13.5. The molecular weight excluding hydrogens is 261 g/mol. The second-order valence-electron chi connectivity index (χ2n) is 4.07. The summed E-state index contributed by atoms with van der Waals surface area (Å²) >= 11 is 0. The number of carbonyl (C=O) groups is 1. The van der Waals surface area contributed by atoms with Crippen molar-refractivity contribution in [2.45, 2.75) is 20.4 Å². The summed E-state index contributed by atoms with van der Waals surface area (Å²) in [5.41, 5.74) is 0.418. The number of rotatable bonds is 5. The van der Waals surface area contributed by atoms with E-state index in [4.69, 9.17) is 4.74 Å². The molecule has 0 spiro atoms. The molecule has 1 amide bonds. The van der Waals surface area contributed by atoms with Crippen molar-refractivity contribution in [1.82, 2.24) is 9.78 Å². The predicted molar refractivity (Wildman–Crippen MR) is 73.4 cm³/mol. The van der Waals surface area contributed by atoms with E-state index in [9.17, 15) is 9.18 Å². The highest BCUT2D eigenvalue weighted by atomic mass is 19.1. The molecule has 0 aliphatic rings. The van der Waals surface area contributed by atoms with Crippen LogP contribution in [0.5, 0.6) is 5.88 Å². The van der Waals surface area contributed by atoms with E-state index in [1.54, 1.807) is 23.0 Å². The quantitative estimate of drug-likeness (QED) is 0.914. The number of ether oxygens (including phenoxy) is 1. The van der Waals surface area contributed by atoms with E-state index < -0.39 is 11.7 Å². The minimum Gasteiger partial charge on any atom is -0.476 e. The minimum atomic E-state index is -0.485. The molecule has 2 rings (SSSR count). The highest BCUT2D eigenvalue weighted by molar-refractivity contribution is 6.05. The Morgan fingerprint density at radius 3 is 2.80 bits per heavy atom. The summed E-state index contributed by atoms with van der Waals surface area (Å²) in [5.74, 6) is -0.678. The van der Waals surface area contributed by atoms with Crippen LogP contribution in [0, 0.1) is 5.82 Å². The fourth-order valence-electron chi connectivity index (χ4n) is 1.72. The molecule has 0 unspecified atom stereocenters. The standard InChI is InChI=1S/C14H16FN3O2/c1-3-18-9-10(14(17-18)20-4-2)13(19)16-12-8-6-5-7-11(12)15/h5-9H,3-4H2,1-2H3,(H,16,19). The van der Waals surface area contributed by atoms with E-state index in [0.717, 1.165) is 0 Å². The van der Waals surface area contributed by atoms with Gasteiger partial charge < -0.3 is 10.1 Å². The summed E-state index contributed by atoms with van der Waals surface area (Å²) in [4.78, 5) is 12.2. The Labute approximate surface area is 116 Å². The average Bonchev–Trinajstić information content (AvgIpc) is 2.85. The monoisotopic (exact) mass is 277 g/mol. The summed E-state index contributed by atoms with van der Waals surface area (Å²) in [6.07, 6.45) is 1.58. The molecule has 1 aromatic carbocycles. The number of halogens is 1. The Bertz CT molecular complexity index is 610. The third kappa shape index (κ3) is 2.96. The second-order valence-corrected chi connectivity index (χ2v) is 4.07. The van der Waals surface area contributed by atoms with Gasteiger partial charge in [-0.2, -0.15) is 0 Å². The Morgan fingerprint density at radius 2 is 2.15 bits per heavy atom. The van der Waals surface area contributed by atoms with Gasteiger partial charge in [0.2, 0.25) is 5.88 Å². The number of nitrogens with zero attached hydrogens (tertiary/aromatic N) is 2. The van der Waals surface area contributed by atoms with Crippen LogP contribution < -0.4 is 10.1 Å². The van der Waals surface area contributed by atoms with Crippen molar-refractivity contribution < 1.29 is 13.9 Å². The molecule has 0 fully saturated rings. The number of anilines is 1. The van der Waals surface area contributed by atoms with Crippen LogP contribution in [0.1, 0.15) is 24.2 Å². The Hall–Kier alpha value is -2.37. The molecule has 0 saturated carbocycles. The largest absolute Gasteiger partial charge is 0.476 e. The summed E-state index contributed by atoms with van der Waals surface area (Å²) in [6.45, 7) is 4.73. The zero-order valence-electron chi connectivity index (χ0n) is 11.4. The SMILES string of the molecule is CCOc1nn(CC)cc1C(=O)Nc1ccccc1F. The van der Waals surface area contributed by atoms with Gasteiger partial charge in [-0.3, -0.25) is 9.48 Å². The van der Waals surface area contributed by atoms with Gasteiger partial charge in [0.1, 0.15) is 11.4 Å². The van der Waals surface area contributed by atoms with E-state index in [0.29, 0.717) is 13.2 Å². The van der Waals surface area contributed by atoms with E-state index in [2.05, 4.69) is 10.4 Å². The normalized spacial score (nSPS) is 10.3. The molecule has 0 radical (unpaired) electrons. The number of aromatic nitrogens is 2. The van der Waals surface area contributed by atoms with Gasteiger partial charge in [0, 0.05) is 12.7 Å². The van der Waals surface area contributed by atoms with Crippen molar-refractivity contribution in [3.8, 4) is 5.88 Å². The molecule has 20 heavy (non-hydrogen) atoms. The number of amides is 1. The van der Waals surface area contributed by atoms with E-state index >= 15 is 0 Å². The zero-order chi connectivity index (χ0) is 14.5. The lowest BCUT2D eigenvalue weighted by molar-refractivity contribution is 0.102. The average molecular weight is 277 g/mol. The van der Waals surface area contributed by atoms with Crippen LogP contribution in [-0.2, 0) is 6.54 Å². The van der Waals surface area contributed by atoms with Gasteiger partial charge in [0.25, 0.3) is 5.91 Å². The molecule has 106 valence electrons. The first-order chi connectivity index (χ1) is 9.65. The number of hydrogen-bond acceptors (Lipinski definition) is 3. The van der Waals surface area contributed by atoms with E-state index in [-0.39, 0.29) is 17.1 Å². The van der Waals surface area contributed by atoms with Crippen molar-refractivity contribution >= 4 is 11.6 Å². The van der Waals surface area contributed by atoms with E-state index in [1.165, 1.54) is 12.1 Å². The number of para-hydroxylation sites is 1. The van der Waals surface area contributed by atoms with Gasteiger partial charge in [0.15, 0.2) is 0 Å². The van der Waals surface area contributed by atoms with Gasteiger partial charge in [-0.25, -0.2) is 4.39 Å². The van der Waals surface area contributed by atoms with Gasteiger partial charge in [-0.05, 0) is 26.0 Å². The fourth-order valence-corrected chi connectivity index (χ4v) is 1.72. The number of nitrogens with one attached hydrogen (secondary N) is 1. The van der Waals surface area contributed by atoms with Crippen LogP contribution in [0.2, 0.25) is 0 Å². The topological polar surface area (TPSA) is 56.2 Å². The lowest BCUT2D eigenvalue weighted by Gasteiger charge is -2.06. The number of carbonyl (C=O) groups excluding carboxylic acids is 1. The third-order valence-electron chi connectivity index (χ3n) is 2.70. The van der Waals surface area contributed by atoms with Crippen LogP contribution in [0.3, 0.4) is 0 Å². The molecule has 1 heterocycles. The Balaban J connectivity index is 2.24. The van der Waals surface area contributed by atoms with Gasteiger partial charge in [-0.15, -0.1) is 5.10 Å². The first kappa shape index (κ1) is 14.0. The van der Waals surface area contributed by atoms with Gasteiger partial charge in [-0.1, -0.05) is 12.1 Å². The minimum absolute atomic E-state index is 0.129. The summed E-state index contributed by atoms with van der Waals surface area (Å²) in [5, 5.41) is 6.66. The first-order valence-electron chi connectivity index (χ1n) is 6.41. The maximum Gasteiger partial charge on any atom is 0.262 e. The maximum atomic E-state index is 13.5. The molecule has 1 N–H and O–H groups in total. The highest BCUT2D eigenvalue weighted by Crippen LogP contribution is 2.19. The number of aryl methyl sites for hydroxylation is 1. The van der Waals surface area contributed by atoms with Crippen molar-refractivity contribution in [3.63, 3.8) is 0 Å². The predicted octanol–water partition coefficient (Wildman–Crippen LogP) is 2.69. The van der Waals surface area contributed by atoms with Crippen molar-refractivity contribution in [2.75, 3.05) is 11.9 Å². The lowest BCUT2D eigenvalue weighted by Crippen LogP contribution is -2.13. The number of benzene rings is 1. The summed E-state index contributed by atoms with van der Waals surface area (Å²) in [6, 6.07) is 6.00. The van der Waals surface area contributed by atoms with Crippen LogP contribution in [0.25, 0.3) is 0 Å². The lowest BCUT2D eigenvalue weighted by atomic mass is 10.2. The molecule has 2 aromatic rings. The first-order valence-corrected chi connectivity index (χ1v) is 6.41. The van der Waals surface area contributed by atoms with Crippen LogP contribution in [0.15, 0.2) is 30.5 Å². The molecule has 5 nitrogen and oxygen atoms in total. The zero-order valence-corrected chi connectivity index (χ0v) is 11.4. The molecule has 0 bridgehead atoms. The highest BCUT2D eigenvalue weighted by Gasteiger charge is 2.18. The van der Waals surface area contributed by atoms with Crippen molar-refractivity contribution in [1.29, 1.82) is 0 Å². The third-order valence-corrected chi connectivity index (χ3v) is 2.70. The second kappa shape index (κ2) is 6.18. The van der Waals surface area contributed by atoms with Crippen molar-refractivity contribution in [2.24, 2.45) is 0 Å². The molecule has 6 heteroatoms. The van der Waals surface area contributed by atoms with Crippen molar-refractivity contribution in [3.05, 3.63) is 41.8 Å². The molecule has 0 aliphatic heterocycles. The van der Waals surface area contributed by atoms with Gasteiger partial charge >= 0.3 is 0 Å². The Kier molecular flexibility index (Phi) is 4.34. The molecular formula is C14H16FN3O2. The summed E-state index contributed by atoms with van der Waals surface area (Å²) in [7, 11) is 0. The molecule has 0 atom stereocenters.